The third kappa shape index (κ3) is 4.02. The highest BCUT2D eigenvalue weighted by atomic mass is 16.3. The fraction of sp³-hybridized carbons (Fsp3) is 0.471. The second-order valence-electron chi connectivity index (χ2n) is 5.31. The van der Waals surface area contributed by atoms with Gasteiger partial charge in [0.2, 0.25) is 0 Å². The molecule has 2 N–H and O–H groups in total. The number of fused-ring (bicyclic) bond motifs is 1. The number of rotatable bonds is 8. The van der Waals surface area contributed by atoms with Crippen molar-refractivity contribution in [1.29, 1.82) is 0 Å². The van der Waals surface area contributed by atoms with Crippen LogP contribution in [0, 0.1) is 5.92 Å². The van der Waals surface area contributed by atoms with Gasteiger partial charge in [0.15, 0.2) is 0 Å². The number of pyridine rings is 1. The van der Waals surface area contributed by atoms with Crippen LogP contribution in [0.15, 0.2) is 36.7 Å². The number of nitrogens with zero attached hydrogens (tertiary/aromatic N) is 1. The van der Waals surface area contributed by atoms with Crippen molar-refractivity contribution in [1.82, 2.24) is 10.3 Å². The Morgan fingerprint density at radius 1 is 1.25 bits per heavy atom. The molecular formula is C17H24N2O. The number of aromatic nitrogens is 1. The standard InChI is InChI=1S/C17H24N2O/c1-2-4-14(8-10-20)11-19-13-16-6-3-5-15-12-18-9-7-17(15)16/h3,5-7,9,12,14,19-20H,2,4,8,10-11,13H2,1H3. The van der Waals surface area contributed by atoms with E-state index in [1.165, 1.54) is 29.2 Å². The van der Waals surface area contributed by atoms with Gasteiger partial charge in [0.05, 0.1) is 0 Å². The van der Waals surface area contributed by atoms with Crippen LogP contribution in [0.3, 0.4) is 0 Å². The molecule has 2 aromatic rings. The minimum Gasteiger partial charge on any atom is -0.396 e. The molecule has 2 rings (SSSR count). The highest BCUT2D eigenvalue weighted by molar-refractivity contribution is 5.84. The monoisotopic (exact) mass is 272 g/mol. The lowest BCUT2D eigenvalue weighted by Crippen LogP contribution is -2.23. The summed E-state index contributed by atoms with van der Waals surface area (Å²) >= 11 is 0. The first-order valence-corrected chi connectivity index (χ1v) is 7.48. The van der Waals surface area contributed by atoms with Crippen molar-refractivity contribution >= 4 is 10.8 Å². The maximum absolute atomic E-state index is 9.09. The molecule has 1 aromatic carbocycles. The van der Waals surface area contributed by atoms with E-state index in [-0.39, 0.29) is 6.61 Å². The third-order valence-electron chi connectivity index (χ3n) is 3.75. The smallest absolute Gasteiger partial charge is 0.0434 e. The zero-order chi connectivity index (χ0) is 14.2. The first-order chi connectivity index (χ1) is 9.85. The molecule has 0 aliphatic carbocycles. The van der Waals surface area contributed by atoms with Crippen molar-refractivity contribution in [2.24, 2.45) is 5.92 Å². The molecule has 108 valence electrons. The van der Waals surface area contributed by atoms with Gasteiger partial charge in [-0.2, -0.15) is 0 Å². The van der Waals surface area contributed by atoms with E-state index in [2.05, 4.69) is 41.5 Å². The number of hydrogen-bond acceptors (Lipinski definition) is 3. The summed E-state index contributed by atoms with van der Waals surface area (Å²) in [5.41, 5.74) is 1.31. The van der Waals surface area contributed by atoms with Gasteiger partial charge in [-0.25, -0.2) is 0 Å². The molecule has 0 radical (unpaired) electrons. The Bertz CT molecular complexity index is 516. The van der Waals surface area contributed by atoms with Crippen LogP contribution in [-0.2, 0) is 6.54 Å². The van der Waals surface area contributed by atoms with E-state index >= 15 is 0 Å². The topological polar surface area (TPSA) is 45.1 Å². The molecular weight excluding hydrogens is 248 g/mol. The summed E-state index contributed by atoms with van der Waals surface area (Å²) in [5.74, 6) is 0.571. The molecule has 0 spiro atoms. The molecule has 1 heterocycles. The molecule has 3 heteroatoms. The van der Waals surface area contributed by atoms with E-state index in [1.807, 2.05) is 12.4 Å². The molecule has 1 atom stereocenters. The van der Waals surface area contributed by atoms with E-state index in [1.54, 1.807) is 0 Å². The van der Waals surface area contributed by atoms with Gasteiger partial charge in [-0.05, 0) is 42.3 Å². The quantitative estimate of drug-likeness (QED) is 0.776. The fourth-order valence-corrected chi connectivity index (χ4v) is 2.69. The summed E-state index contributed by atoms with van der Waals surface area (Å²) in [5, 5.41) is 15.1. The number of hydrogen-bond donors (Lipinski definition) is 2. The number of aliphatic hydroxyl groups is 1. The number of aliphatic hydroxyl groups excluding tert-OH is 1. The molecule has 1 aromatic heterocycles. The van der Waals surface area contributed by atoms with Crippen molar-refractivity contribution < 1.29 is 5.11 Å². The van der Waals surface area contributed by atoms with E-state index in [0.29, 0.717) is 5.92 Å². The highest BCUT2D eigenvalue weighted by Gasteiger charge is 2.07. The SMILES string of the molecule is CCCC(CCO)CNCc1cccc2cnccc12. The van der Waals surface area contributed by atoms with Crippen LogP contribution < -0.4 is 5.32 Å². The van der Waals surface area contributed by atoms with Crippen LogP contribution in [-0.4, -0.2) is 23.2 Å². The van der Waals surface area contributed by atoms with Gasteiger partial charge < -0.3 is 10.4 Å². The summed E-state index contributed by atoms with van der Waals surface area (Å²) in [6.45, 7) is 4.32. The van der Waals surface area contributed by atoms with E-state index in [0.717, 1.165) is 19.5 Å². The lowest BCUT2D eigenvalue weighted by molar-refractivity contribution is 0.248. The average Bonchev–Trinajstić information content (AvgIpc) is 2.48. The summed E-state index contributed by atoms with van der Waals surface area (Å²) in [7, 11) is 0. The molecule has 0 fully saturated rings. The second kappa shape index (κ2) is 7.98. The summed E-state index contributed by atoms with van der Waals surface area (Å²) in [4.78, 5) is 4.16. The molecule has 0 aliphatic heterocycles. The predicted octanol–water partition coefficient (Wildman–Crippen LogP) is 3.12. The van der Waals surface area contributed by atoms with Crippen LogP contribution in [0.1, 0.15) is 31.7 Å². The molecule has 0 bridgehead atoms. The summed E-state index contributed by atoms with van der Waals surface area (Å²) in [6, 6.07) is 8.41. The lowest BCUT2D eigenvalue weighted by atomic mass is 10.00. The second-order valence-corrected chi connectivity index (χ2v) is 5.31. The number of benzene rings is 1. The minimum atomic E-state index is 0.284. The molecule has 0 saturated heterocycles. The molecule has 0 amide bonds. The lowest BCUT2D eigenvalue weighted by Gasteiger charge is -2.16. The van der Waals surface area contributed by atoms with Gasteiger partial charge >= 0.3 is 0 Å². The third-order valence-corrected chi connectivity index (χ3v) is 3.75. The first-order valence-electron chi connectivity index (χ1n) is 7.48. The van der Waals surface area contributed by atoms with Gasteiger partial charge in [0, 0.05) is 30.9 Å². The zero-order valence-electron chi connectivity index (χ0n) is 12.2. The van der Waals surface area contributed by atoms with Gasteiger partial charge in [-0.3, -0.25) is 4.98 Å². The normalized spacial score (nSPS) is 12.7. The van der Waals surface area contributed by atoms with Crippen molar-refractivity contribution in [2.75, 3.05) is 13.2 Å². The molecule has 20 heavy (non-hydrogen) atoms. The first kappa shape index (κ1) is 14.9. The Morgan fingerprint density at radius 2 is 2.15 bits per heavy atom. The van der Waals surface area contributed by atoms with E-state index < -0.39 is 0 Å². The van der Waals surface area contributed by atoms with Crippen LogP contribution in [0.25, 0.3) is 10.8 Å². The van der Waals surface area contributed by atoms with E-state index in [9.17, 15) is 0 Å². The molecule has 0 aliphatic rings. The Kier molecular flexibility index (Phi) is 5.96. The summed E-state index contributed by atoms with van der Waals surface area (Å²) in [6.07, 6.45) is 6.99. The van der Waals surface area contributed by atoms with Crippen molar-refractivity contribution in [2.45, 2.75) is 32.7 Å². The Balaban J connectivity index is 1.95. The average molecular weight is 272 g/mol. The zero-order valence-corrected chi connectivity index (χ0v) is 12.2. The van der Waals surface area contributed by atoms with Gasteiger partial charge in [-0.15, -0.1) is 0 Å². The van der Waals surface area contributed by atoms with Crippen LogP contribution in [0.2, 0.25) is 0 Å². The molecule has 1 unspecified atom stereocenters. The van der Waals surface area contributed by atoms with Gasteiger partial charge in [-0.1, -0.05) is 31.5 Å². The maximum Gasteiger partial charge on any atom is 0.0434 e. The largest absolute Gasteiger partial charge is 0.396 e. The molecule has 0 saturated carbocycles. The molecule has 3 nitrogen and oxygen atoms in total. The van der Waals surface area contributed by atoms with Crippen LogP contribution in [0.4, 0.5) is 0 Å². The predicted molar refractivity (Wildman–Crippen MR) is 83.6 cm³/mol. The Morgan fingerprint density at radius 3 is 2.95 bits per heavy atom. The highest BCUT2D eigenvalue weighted by Crippen LogP contribution is 2.17. The maximum atomic E-state index is 9.09. The van der Waals surface area contributed by atoms with Gasteiger partial charge in [0.1, 0.15) is 0 Å². The number of nitrogens with one attached hydrogen (secondary N) is 1. The Hall–Kier alpha value is -1.45. The fourth-order valence-electron chi connectivity index (χ4n) is 2.69. The van der Waals surface area contributed by atoms with E-state index in [4.69, 9.17) is 5.11 Å². The van der Waals surface area contributed by atoms with Gasteiger partial charge in [0.25, 0.3) is 0 Å². The van der Waals surface area contributed by atoms with Crippen molar-refractivity contribution in [3.05, 3.63) is 42.2 Å². The van der Waals surface area contributed by atoms with Crippen LogP contribution >= 0.6 is 0 Å². The minimum absolute atomic E-state index is 0.284. The summed E-state index contributed by atoms with van der Waals surface area (Å²) < 4.78 is 0. The van der Waals surface area contributed by atoms with Crippen molar-refractivity contribution in [3.63, 3.8) is 0 Å². The Labute approximate surface area is 121 Å². The van der Waals surface area contributed by atoms with Crippen LogP contribution in [0.5, 0.6) is 0 Å². The van der Waals surface area contributed by atoms with Crippen molar-refractivity contribution in [3.8, 4) is 0 Å².